The summed E-state index contributed by atoms with van der Waals surface area (Å²) in [4.78, 5) is 25.6. The first-order valence-electron chi connectivity index (χ1n) is 11.3. The van der Waals surface area contributed by atoms with Crippen molar-refractivity contribution in [1.82, 2.24) is 0 Å². The van der Waals surface area contributed by atoms with Gasteiger partial charge in [0.15, 0.2) is 0 Å². The molecule has 182 valence electrons. The molecule has 3 aromatic rings. The molecule has 0 bridgehead atoms. The Labute approximate surface area is 202 Å². The van der Waals surface area contributed by atoms with Crippen LogP contribution in [-0.2, 0) is 15.8 Å². The molecule has 0 saturated carbocycles. The molecule has 0 unspecified atom stereocenters. The molecule has 5 nitrogen and oxygen atoms in total. The summed E-state index contributed by atoms with van der Waals surface area (Å²) in [6.45, 7) is 4.80. The first-order chi connectivity index (χ1) is 16.5. The molecule has 0 spiro atoms. The molecule has 1 aliphatic rings. The first-order valence-corrected chi connectivity index (χ1v) is 11.3. The fraction of sp³-hybridized carbons (Fsp3) is 0.259. The van der Waals surface area contributed by atoms with E-state index in [4.69, 9.17) is 0 Å². The molecule has 2 amide bonds. The zero-order valence-electron chi connectivity index (χ0n) is 19.6. The van der Waals surface area contributed by atoms with Crippen LogP contribution in [0.25, 0.3) is 11.1 Å². The second-order valence-corrected chi connectivity index (χ2v) is 8.75. The van der Waals surface area contributed by atoms with Crippen molar-refractivity contribution in [2.45, 2.75) is 45.5 Å². The van der Waals surface area contributed by atoms with Gasteiger partial charge in [-0.05, 0) is 66.4 Å². The van der Waals surface area contributed by atoms with Crippen LogP contribution >= 0.6 is 0 Å². The lowest BCUT2D eigenvalue weighted by atomic mass is 9.88. The van der Waals surface area contributed by atoms with Crippen molar-refractivity contribution in [3.05, 3.63) is 77.9 Å². The highest BCUT2D eigenvalue weighted by molar-refractivity contribution is 5.94. The van der Waals surface area contributed by atoms with Crippen molar-refractivity contribution in [3.63, 3.8) is 0 Å². The molecule has 2 atom stereocenters. The van der Waals surface area contributed by atoms with E-state index >= 15 is 0 Å². The van der Waals surface area contributed by atoms with E-state index in [9.17, 15) is 22.8 Å². The second-order valence-electron chi connectivity index (χ2n) is 8.75. The van der Waals surface area contributed by atoms with E-state index in [-0.39, 0.29) is 23.5 Å². The van der Waals surface area contributed by atoms with Gasteiger partial charge in [-0.25, -0.2) is 0 Å². The van der Waals surface area contributed by atoms with Crippen LogP contribution < -0.4 is 15.5 Å². The topological polar surface area (TPSA) is 61.4 Å². The van der Waals surface area contributed by atoms with Crippen molar-refractivity contribution in [2.24, 2.45) is 0 Å². The Morgan fingerprint density at radius 1 is 0.943 bits per heavy atom. The van der Waals surface area contributed by atoms with Crippen LogP contribution in [0.1, 0.15) is 44.4 Å². The second kappa shape index (κ2) is 9.44. The molecule has 3 aromatic carbocycles. The third-order valence-electron chi connectivity index (χ3n) is 6.10. The molecular weight excluding hydrogens is 455 g/mol. The van der Waals surface area contributed by atoms with Crippen molar-refractivity contribution < 1.29 is 22.8 Å². The number of hydrogen-bond donors (Lipinski definition) is 2. The van der Waals surface area contributed by atoms with Crippen LogP contribution in [0.5, 0.6) is 0 Å². The van der Waals surface area contributed by atoms with Crippen molar-refractivity contribution in [2.75, 3.05) is 15.5 Å². The highest BCUT2D eigenvalue weighted by Gasteiger charge is 2.36. The summed E-state index contributed by atoms with van der Waals surface area (Å²) in [5, 5.41) is 5.86. The van der Waals surface area contributed by atoms with E-state index < -0.39 is 17.8 Å². The van der Waals surface area contributed by atoms with Crippen LogP contribution in [0.4, 0.5) is 30.2 Å². The number of alkyl halides is 3. The van der Waals surface area contributed by atoms with Gasteiger partial charge in [0.1, 0.15) is 0 Å². The minimum absolute atomic E-state index is 0.00233. The van der Waals surface area contributed by atoms with Crippen molar-refractivity contribution in [3.8, 4) is 11.1 Å². The third-order valence-corrected chi connectivity index (χ3v) is 6.10. The van der Waals surface area contributed by atoms with Crippen LogP contribution in [0.2, 0.25) is 0 Å². The maximum atomic E-state index is 13.6. The molecule has 8 heteroatoms. The quantitative estimate of drug-likeness (QED) is 0.440. The predicted octanol–water partition coefficient (Wildman–Crippen LogP) is 6.63. The van der Waals surface area contributed by atoms with Crippen LogP contribution in [0, 0.1) is 0 Å². The molecule has 0 aliphatic carbocycles. The average molecular weight is 482 g/mol. The number of halogens is 3. The van der Waals surface area contributed by atoms with Gasteiger partial charge >= 0.3 is 6.18 Å². The number of nitrogens with one attached hydrogen (secondary N) is 2. The number of carbonyl (C=O) groups is 2. The number of rotatable bonds is 4. The van der Waals surface area contributed by atoms with E-state index in [0.29, 0.717) is 17.8 Å². The average Bonchev–Trinajstić information content (AvgIpc) is 2.78. The van der Waals surface area contributed by atoms with Gasteiger partial charge in [0, 0.05) is 37.0 Å². The van der Waals surface area contributed by atoms with Crippen LogP contribution in [0.3, 0.4) is 0 Å². The number of benzene rings is 3. The van der Waals surface area contributed by atoms with E-state index in [0.717, 1.165) is 22.8 Å². The van der Waals surface area contributed by atoms with Gasteiger partial charge in [-0.15, -0.1) is 0 Å². The number of amides is 2. The molecule has 2 N–H and O–H groups in total. The number of nitrogens with zero attached hydrogens (tertiary/aromatic N) is 1. The summed E-state index contributed by atoms with van der Waals surface area (Å²) in [6, 6.07) is 17.7. The van der Waals surface area contributed by atoms with E-state index in [1.807, 2.05) is 43.3 Å². The fourth-order valence-electron chi connectivity index (χ4n) is 4.68. The monoisotopic (exact) mass is 481 g/mol. The van der Waals surface area contributed by atoms with Gasteiger partial charge in [0.2, 0.25) is 11.8 Å². The molecule has 4 rings (SSSR count). The Morgan fingerprint density at radius 3 is 2.34 bits per heavy atom. The SMILES string of the molecule is CC(=O)Nc1cccc(-c2ccc3c(c2)[C@H](Nc2ccccc2C(F)(F)F)C[C@H](C)N3C(C)=O)c1. The van der Waals surface area contributed by atoms with Gasteiger partial charge < -0.3 is 15.5 Å². The summed E-state index contributed by atoms with van der Waals surface area (Å²) in [6.07, 6.45) is -4.06. The standard InChI is InChI=1S/C27H26F3N3O2/c1-16-13-25(32-24-10-5-4-9-23(24)27(28,29)30)22-15-20(11-12-26(22)33(16)18(3)35)19-7-6-8-21(14-19)31-17(2)34/h4-12,14-16,25,32H,13H2,1-3H3,(H,31,34)/t16-,25+/m0/s1. The van der Waals surface area contributed by atoms with Gasteiger partial charge in [0.05, 0.1) is 11.6 Å². The molecule has 1 aliphatic heterocycles. The lowest BCUT2D eigenvalue weighted by molar-refractivity contribution is -0.137. The maximum absolute atomic E-state index is 13.6. The molecule has 35 heavy (non-hydrogen) atoms. The van der Waals surface area contributed by atoms with Gasteiger partial charge in [-0.1, -0.05) is 30.3 Å². The lowest BCUT2D eigenvalue weighted by Gasteiger charge is -2.40. The zero-order chi connectivity index (χ0) is 25.3. The Bertz CT molecular complexity index is 1270. The molecule has 1 heterocycles. The van der Waals surface area contributed by atoms with Gasteiger partial charge in [-0.3, -0.25) is 9.59 Å². The summed E-state index contributed by atoms with van der Waals surface area (Å²) < 4.78 is 40.9. The van der Waals surface area contributed by atoms with Crippen LogP contribution in [0.15, 0.2) is 66.7 Å². The third kappa shape index (κ3) is 5.16. The molecule has 0 fully saturated rings. The number of anilines is 3. The van der Waals surface area contributed by atoms with Crippen molar-refractivity contribution >= 4 is 28.9 Å². The molecule has 0 aromatic heterocycles. The summed E-state index contributed by atoms with van der Waals surface area (Å²) in [7, 11) is 0. The Kier molecular flexibility index (Phi) is 6.56. The number of para-hydroxylation sites is 1. The van der Waals surface area contributed by atoms with E-state index in [2.05, 4.69) is 10.6 Å². The summed E-state index contributed by atoms with van der Waals surface area (Å²) in [5.41, 5.74) is 2.96. The fourth-order valence-corrected chi connectivity index (χ4v) is 4.68. The highest BCUT2D eigenvalue weighted by Crippen LogP contribution is 2.43. The normalized spacial score (nSPS) is 17.5. The largest absolute Gasteiger partial charge is 0.418 e. The molecular formula is C27H26F3N3O2. The summed E-state index contributed by atoms with van der Waals surface area (Å²) in [5.74, 6) is -0.320. The van der Waals surface area contributed by atoms with Crippen LogP contribution in [-0.4, -0.2) is 17.9 Å². The van der Waals surface area contributed by atoms with Crippen molar-refractivity contribution in [1.29, 1.82) is 0 Å². The number of carbonyl (C=O) groups excluding carboxylic acids is 2. The molecule has 0 saturated heterocycles. The highest BCUT2D eigenvalue weighted by atomic mass is 19.4. The Hall–Kier alpha value is -3.81. The minimum Gasteiger partial charge on any atom is -0.378 e. The maximum Gasteiger partial charge on any atom is 0.418 e. The van der Waals surface area contributed by atoms with Gasteiger partial charge in [-0.2, -0.15) is 13.2 Å². The Balaban J connectivity index is 1.79. The number of hydrogen-bond acceptors (Lipinski definition) is 3. The first kappa shape index (κ1) is 24.3. The van der Waals surface area contributed by atoms with E-state index in [1.54, 1.807) is 17.0 Å². The lowest BCUT2D eigenvalue weighted by Crippen LogP contribution is -2.43. The minimum atomic E-state index is -4.50. The van der Waals surface area contributed by atoms with E-state index in [1.165, 1.54) is 26.0 Å². The predicted molar refractivity (Wildman–Crippen MR) is 131 cm³/mol. The Morgan fingerprint density at radius 2 is 1.66 bits per heavy atom. The molecule has 0 radical (unpaired) electrons. The number of fused-ring (bicyclic) bond motifs is 1. The zero-order valence-corrected chi connectivity index (χ0v) is 19.6. The summed E-state index contributed by atoms with van der Waals surface area (Å²) >= 11 is 0. The smallest absolute Gasteiger partial charge is 0.378 e. The van der Waals surface area contributed by atoms with Gasteiger partial charge in [0.25, 0.3) is 0 Å².